The molecule has 6 heterocycles. The molecule has 6 aromatic heterocycles. The van der Waals surface area contributed by atoms with Crippen molar-refractivity contribution in [1.29, 1.82) is 0 Å². The predicted octanol–water partition coefficient (Wildman–Crippen LogP) is 19.0. The molecule has 5 heteroatoms. The van der Waals surface area contributed by atoms with Crippen LogP contribution in [0.1, 0.15) is 50.8 Å². The molecule has 0 aliphatic carbocycles. The van der Waals surface area contributed by atoms with Crippen molar-refractivity contribution in [2.75, 3.05) is 0 Å². The van der Waals surface area contributed by atoms with Gasteiger partial charge in [0.15, 0.2) is 0 Å². The molecular formula is C72H50N2O2Si. The summed E-state index contributed by atoms with van der Waals surface area (Å²) in [6.07, 6.45) is 0. The Hall–Kier alpha value is -9.16. The second kappa shape index (κ2) is 15.5. The second-order valence-corrected chi connectivity index (χ2v) is 27.8. The lowest BCUT2D eigenvalue weighted by Gasteiger charge is -2.19. The van der Waals surface area contributed by atoms with Gasteiger partial charge in [0.25, 0.3) is 0 Å². The lowest BCUT2D eigenvalue weighted by atomic mass is 9.84. The van der Waals surface area contributed by atoms with Crippen molar-refractivity contribution in [2.45, 2.75) is 38.4 Å². The van der Waals surface area contributed by atoms with Crippen molar-refractivity contribution in [1.82, 2.24) is 8.80 Å². The van der Waals surface area contributed by atoms with Crippen LogP contribution in [0.2, 0.25) is 19.6 Å². The van der Waals surface area contributed by atoms with Crippen LogP contribution in [0.15, 0.2) is 227 Å². The number of nitrogens with zero attached hydrogens (tertiary/aromatic N) is 2. The summed E-state index contributed by atoms with van der Waals surface area (Å²) in [5, 5.41) is 16.2. The summed E-state index contributed by atoms with van der Waals surface area (Å²) in [7, 11) is -1.69. The lowest BCUT2D eigenvalue weighted by Crippen LogP contribution is -2.37. The molecule has 2 unspecified atom stereocenters. The third-order valence-electron chi connectivity index (χ3n) is 17.5. The van der Waals surface area contributed by atoms with Gasteiger partial charge in [-0.15, -0.1) is 0 Å². The van der Waals surface area contributed by atoms with Gasteiger partial charge in [-0.3, -0.25) is 0 Å². The van der Waals surface area contributed by atoms with Crippen LogP contribution < -0.4 is 5.19 Å². The summed E-state index contributed by atoms with van der Waals surface area (Å²) >= 11 is 0. The van der Waals surface area contributed by atoms with Gasteiger partial charge in [0, 0.05) is 87.6 Å². The predicted molar refractivity (Wildman–Crippen MR) is 326 cm³/mol. The molecular weight excluding hydrogens is 953 g/mol. The van der Waals surface area contributed by atoms with E-state index in [1.165, 1.54) is 126 Å². The van der Waals surface area contributed by atoms with Crippen molar-refractivity contribution < 1.29 is 8.83 Å². The van der Waals surface area contributed by atoms with Crippen LogP contribution in [0.5, 0.6) is 0 Å². The Morgan fingerprint density at radius 1 is 0.312 bits per heavy atom. The molecule has 0 saturated heterocycles. The zero-order valence-electron chi connectivity index (χ0n) is 43.2. The van der Waals surface area contributed by atoms with Gasteiger partial charge >= 0.3 is 0 Å². The summed E-state index contributed by atoms with van der Waals surface area (Å²) in [5.41, 5.74) is 19.9. The van der Waals surface area contributed by atoms with Gasteiger partial charge in [0.05, 0.1) is 41.2 Å². The van der Waals surface area contributed by atoms with E-state index in [-0.39, 0.29) is 11.8 Å². The van der Waals surface area contributed by atoms with Crippen molar-refractivity contribution in [3.8, 4) is 0 Å². The molecule has 0 amide bonds. The van der Waals surface area contributed by atoms with E-state index in [1.54, 1.807) is 0 Å². The average molecular weight is 1000 g/mol. The van der Waals surface area contributed by atoms with Crippen LogP contribution in [0.25, 0.3) is 120 Å². The molecule has 77 heavy (non-hydrogen) atoms. The molecule has 17 rings (SSSR count). The van der Waals surface area contributed by atoms with Gasteiger partial charge in [-0.25, -0.2) is 0 Å². The Balaban J connectivity index is 0.851. The fraction of sp³-hybridized carbons (Fsp3) is 0.0833. The van der Waals surface area contributed by atoms with E-state index < -0.39 is 8.07 Å². The summed E-state index contributed by atoms with van der Waals surface area (Å²) in [6, 6.07) is 81.7. The highest BCUT2D eigenvalue weighted by atomic mass is 28.3. The van der Waals surface area contributed by atoms with Crippen LogP contribution in [0.3, 0.4) is 0 Å². The SMILES string of the molecule is Cc1cccc2c1oc1c(C(c3ccccc3)c3ccc4c(c3)c3cccc5c6cc7c(cc6n4c35)c3cccc4c5cc(C(c6ccccc6)c6cccc8c6oc6c([Si](C)(C)C)cccc68)ccc5n7c43)cccc12. The highest BCUT2D eigenvalue weighted by Crippen LogP contribution is 2.48. The molecule has 0 N–H and O–H groups in total. The minimum Gasteiger partial charge on any atom is -0.456 e. The minimum atomic E-state index is -1.69. The van der Waals surface area contributed by atoms with Crippen molar-refractivity contribution in [3.05, 3.63) is 257 Å². The maximum atomic E-state index is 7.09. The van der Waals surface area contributed by atoms with Crippen LogP contribution in [-0.2, 0) is 0 Å². The number of furan rings is 2. The molecule has 11 aromatic carbocycles. The monoisotopic (exact) mass is 1000 g/mol. The Labute approximate surface area is 444 Å². The normalized spacial score (nSPS) is 13.6. The Kier molecular flexibility index (Phi) is 8.66. The van der Waals surface area contributed by atoms with Gasteiger partial charge in [-0.1, -0.05) is 202 Å². The van der Waals surface area contributed by atoms with Gasteiger partial charge in [0.1, 0.15) is 22.3 Å². The van der Waals surface area contributed by atoms with E-state index >= 15 is 0 Å². The van der Waals surface area contributed by atoms with Crippen molar-refractivity contribution >= 4 is 133 Å². The largest absolute Gasteiger partial charge is 0.456 e. The number of fused-ring (bicyclic) bond motifs is 18. The summed E-state index contributed by atoms with van der Waals surface area (Å²) < 4.78 is 19.0. The zero-order valence-corrected chi connectivity index (χ0v) is 44.2. The molecule has 0 saturated carbocycles. The first kappa shape index (κ1) is 43.1. The van der Waals surface area contributed by atoms with Crippen molar-refractivity contribution in [2.24, 2.45) is 0 Å². The number of aryl methyl sites for hydroxylation is 1. The fourth-order valence-corrected chi connectivity index (χ4v) is 15.6. The first-order chi connectivity index (χ1) is 37.8. The topological polar surface area (TPSA) is 35.1 Å². The minimum absolute atomic E-state index is 0.0373. The number of hydrogen-bond donors (Lipinski definition) is 0. The Morgan fingerprint density at radius 3 is 1.18 bits per heavy atom. The average Bonchev–Trinajstić information content (AvgIpc) is 4.49. The number of benzene rings is 11. The molecule has 0 fully saturated rings. The third kappa shape index (κ3) is 5.87. The summed E-state index contributed by atoms with van der Waals surface area (Å²) in [5.74, 6) is -0.0781. The molecule has 0 radical (unpaired) electrons. The van der Waals surface area contributed by atoms with E-state index in [0.29, 0.717) is 0 Å². The number of hydrogen-bond acceptors (Lipinski definition) is 2. The van der Waals surface area contributed by atoms with Crippen LogP contribution >= 0.6 is 0 Å². The van der Waals surface area contributed by atoms with Gasteiger partial charge < -0.3 is 17.6 Å². The van der Waals surface area contributed by atoms with Gasteiger partial charge in [-0.2, -0.15) is 0 Å². The molecule has 0 bridgehead atoms. The number of rotatable bonds is 7. The fourth-order valence-electron chi connectivity index (χ4n) is 14.1. The van der Waals surface area contributed by atoms with Gasteiger partial charge in [0.2, 0.25) is 0 Å². The molecule has 0 aliphatic heterocycles. The van der Waals surface area contributed by atoms with Crippen molar-refractivity contribution in [3.63, 3.8) is 0 Å². The van der Waals surface area contributed by atoms with E-state index in [9.17, 15) is 0 Å². The molecule has 364 valence electrons. The van der Waals surface area contributed by atoms with Gasteiger partial charge in [-0.05, 0) is 76.3 Å². The summed E-state index contributed by atoms with van der Waals surface area (Å²) in [6.45, 7) is 9.36. The van der Waals surface area contributed by atoms with Crippen LogP contribution in [0, 0.1) is 6.92 Å². The molecule has 0 aliphatic rings. The van der Waals surface area contributed by atoms with E-state index in [2.05, 4.69) is 254 Å². The molecule has 4 nitrogen and oxygen atoms in total. The molecule has 2 atom stereocenters. The van der Waals surface area contributed by atoms with E-state index in [0.717, 1.165) is 38.7 Å². The first-order valence-corrected chi connectivity index (χ1v) is 30.6. The maximum Gasteiger partial charge on any atom is 0.139 e. The molecule has 0 spiro atoms. The molecule has 17 aromatic rings. The second-order valence-electron chi connectivity index (χ2n) is 22.7. The first-order valence-electron chi connectivity index (χ1n) is 27.1. The van der Waals surface area contributed by atoms with Crippen LogP contribution in [-0.4, -0.2) is 16.9 Å². The Morgan fingerprint density at radius 2 is 0.701 bits per heavy atom. The quantitative estimate of drug-likeness (QED) is 0.118. The smallest absolute Gasteiger partial charge is 0.139 e. The summed E-state index contributed by atoms with van der Waals surface area (Å²) in [4.78, 5) is 0. The maximum absolute atomic E-state index is 7.09. The zero-order chi connectivity index (χ0) is 51.0. The highest BCUT2D eigenvalue weighted by Gasteiger charge is 2.29. The van der Waals surface area contributed by atoms with E-state index in [1.807, 2.05) is 0 Å². The van der Waals surface area contributed by atoms with Crippen LogP contribution in [0.4, 0.5) is 0 Å². The standard InChI is InChI=1S/C72H50N2O2Si/c1-41-17-11-26-50-51-27-14-30-54(70(51)75-69(41)50)65(42-18-7-5-8-19-42)44-33-35-60-56(37-44)46-22-12-24-48-58-40-63-59(39-62(58)73(60)67(46)48)49-25-13-23-47-57-38-45(34-36-61(57)74(63)68(47)49)66(43-20-9-6-10-21-43)55-31-15-28-52-53-29-16-32-64(77(2,3)4)72(53)76-71(52)55/h5-40,65-66H,1-4H3. The Bertz CT molecular complexity index is 5280. The third-order valence-corrected chi connectivity index (χ3v) is 19.5. The number of aromatic nitrogens is 2. The number of para-hydroxylation sites is 6. The van der Waals surface area contributed by atoms with E-state index in [4.69, 9.17) is 8.83 Å². The highest BCUT2D eigenvalue weighted by molar-refractivity contribution is 6.90. The lowest BCUT2D eigenvalue weighted by molar-refractivity contribution is 0.658.